The molecule has 1 saturated heterocycles. The van der Waals surface area contributed by atoms with Crippen molar-refractivity contribution in [3.8, 4) is 0 Å². The number of rotatable bonds is 5. The first-order chi connectivity index (χ1) is 8.74. The van der Waals surface area contributed by atoms with Crippen LogP contribution in [0.25, 0.3) is 0 Å². The monoisotopic (exact) mass is 266 g/mol. The van der Waals surface area contributed by atoms with Crippen LogP contribution in [0.3, 0.4) is 0 Å². The Hall–Kier alpha value is -1.06. The average molecular weight is 267 g/mol. The van der Waals surface area contributed by atoms with Crippen molar-refractivity contribution in [1.29, 1.82) is 0 Å². The zero-order valence-electron chi connectivity index (χ0n) is 10.5. The fourth-order valence-corrected chi connectivity index (χ4v) is 2.45. The van der Waals surface area contributed by atoms with Gasteiger partial charge in [0.1, 0.15) is 0 Å². The van der Waals surface area contributed by atoms with Crippen LogP contribution < -0.4 is 5.32 Å². The number of likely N-dealkylation sites (tertiary alicyclic amines) is 1. The highest BCUT2D eigenvalue weighted by molar-refractivity contribution is 6.30. The summed E-state index contributed by atoms with van der Waals surface area (Å²) in [5.41, 5.74) is 0.772. The van der Waals surface area contributed by atoms with E-state index in [4.69, 9.17) is 11.6 Å². The van der Waals surface area contributed by atoms with Crippen LogP contribution >= 0.6 is 11.6 Å². The summed E-state index contributed by atoms with van der Waals surface area (Å²) in [6.07, 6.45) is 4.10. The second-order valence-electron chi connectivity index (χ2n) is 4.71. The Bertz CT molecular complexity index is 403. The molecule has 0 radical (unpaired) electrons. The standard InChI is InChI=1S/C14H19ClN2O/c15-12-5-3-6-13(11-12)16-14(18)7-4-10-17-8-1-2-9-17/h3,5-6,11H,1-2,4,7-10H2,(H,16,18). The number of amides is 1. The number of halogens is 1. The van der Waals surface area contributed by atoms with Gasteiger partial charge < -0.3 is 10.2 Å². The Kier molecular flexibility index (Phi) is 5.02. The molecule has 1 aromatic rings. The van der Waals surface area contributed by atoms with Crippen molar-refractivity contribution in [1.82, 2.24) is 4.90 Å². The number of nitrogens with one attached hydrogen (secondary N) is 1. The van der Waals surface area contributed by atoms with Crippen molar-refractivity contribution < 1.29 is 4.79 Å². The van der Waals surface area contributed by atoms with Gasteiger partial charge in [0.2, 0.25) is 5.91 Å². The van der Waals surface area contributed by atoms with E-state index >= 15 is 0 Å². The molecule has 4 heteroatoms. The molecule has 1 amide bonds. The Labute approximate surface area is 113 Å². The minimum absolute atomic E-state index is 0.0662. The van der Waals surface area contributed by atoms with E-state index in [0.29, 0.717) is 11.4 Å². The van der Waals surface area contributed by atoms with Crippen LogP contribution in [0.2, 0.25) is 5.02 Å². The number of hydrogen-bond donors (Lipinski definition) is 1. The fourth-order valence-electron chi connectivity index (χ4n) is 2.26. The van der Waals surface area contributed by atoms with Crippen LogP contribution in [0.1, 0.15) is 25.7 Å². The summed E-state index contributed by atoms with van der Waals surface area (Å²) in [6, 6.07) is 7.25. The Balaban J connectivity index is 1.68. The van der Waals surface area contributed by atoms with E-state index in [1.807, 2.05) is 12.1 Å². The van der Waals surface area contributed by atoms with Gasteiger partial charge in [0.15, 0.2) is 0 Å². The maximum atomic E-state index is 11.7. The summed E-state index contributed by atoms with van der Waals surface area (Å²) in [5.74, 6) is 0.0662. The number of anilines is 1. The first-order valence-electron chi connectivity index (χ1n) is 6.52. The predicted octanol–water partition coefficient (Wildman–Crippen LogP) is 3.15. The highest BCUT2D eigenvalue weighted by Gasteiger charge is 2.11. The first-order valence-corrected chi connectivity index (χ1v) is 6.89. The minimum Gasteiger partial charge on any atom is -0.326 e. The van der Waals surface area contributed by atoms with Crippen LogP contribution in [0.4, 0.5) is 5.69 Å². The zero-order valence-corrected chi connectivity index (χ0v) is 11.2. The van der Waals surface area contributed by atoms with Gasteiger partial charge in [-0.25, -0.2) is 0 Å². The Morgan fingerprint density at radius 3 is 2.83 bits per heavy atom. The molecule has 0 aromatic heterocycles. The van der Waals surface area contributed by atoms with Crippen LogP contribution in [0.5, 0.6) is 0 Å². The molecule has 1 fully saturated rings. The number of carbonyl (C=O) groups is 1. The van der Waals surface area contributed by atoms with Crippen LogP contribution in [-0.2, 0) is 4.79 Å². The van der Waals surface area contributed by atoms with Gasteiger partial charge in [-0.3, -0.25) is 4.79 Å². The van der Waals surface area contributed by atoms with Gasteiger partial charge in [0, 0.05) is 17.1 Å². The molecule has 0 saturated carbocycles. The second-order valence-corrected chi connectivity index (χ2v) is 5.15. The predicted molar refractivity (Wildman–Crippen MR) is 75.0 cm³/mol. The van der Waals surface area contributed by atoms with Crippen molar-refractivity contribution in [3.63, 3.8) is 0 Å². The first kappa shape index (κ1) is 13.4. The van der Waals surface area contributed by atoms with E-state index in [-0.39, 0.29) is 5.91 Å². The van der Waals surface area contributed by atoms with Crippen LogP contribution in [-0.4, -0.2) is 30.4 Å². The summed E-state index contributed by atoms with van der Waals surface area (Å²) in [5, 5.41) is 3.51. The molecule has 2 rings (SSSR count). The molecule has 1 aromatic carbocycles. The lowest BCUT2D eigenvalue weighted by atomic mass is 10.2. The van der Waals surface area contributed by atoms with Gasteiger partial charge in [0.25, 0.3) is 0 Å². The molecular formula is C14H19ClN2O. The van der Waals surface area contributed by atoms with E-state index in [2.05, 4.69) is 10.2 Å². The molecule has 1 aliphatic rings. The third kappa shape index (κ3) is 4.31. The number of hydrogen-bond acceptors (Lipinski definition) is 2. The lowest BCUT2D eigenvalue weighted by Crippen LogP contribution is -2.22. The van der Waals surface area contributed by atoms with Crippen LogP contribution in [0.15, 0.2) is 24.3 Å². The fraction of sp³-hybridized carbons (Fsp3) is 0.500. The second kappa shape index (κ2) is 6.76. The molecule has 0 atom stereocenters. The summed E-state index contributed by atoms with van der Waals surface area (Å²) in [7, 11) is 0. The van der Waals surface area contributed by atoms with Gasteiger partial charge in [-0.1, -0.05) is 17.7 Å². The molecule has 1 N–H and O–H groups in total. The molecule has 1 aliphatic heterocycles. The van der Waals surface area contributed by atoms with Crippen molar-refractivity contribution in [2.45, 2.75) is 25.7 Å². The molecule has 98 valence electrons. The summed E-state index contributed by atoms with van der Waals surface area (Å²) >= 11 is 5.86. The third-order valence-corrected chi connectivity index (χ3v) is 3.42. The number of carbonyl (C=O) groups excluding carboxylic acids is 1. The number of benzene rings is 1. The van der Waals surface area contributed by atoms with Crippen molar-refractivity contribution in [3.05, 3.63) is 29.3 Å². The summed E-state index contributed by atoms with van der Waals surface area (Å²) in [6.45, 7) is 3.41. The van der Waals surface area contributed by atoms with Crippen LogP contribution in [0, 0.1) is 0 Å². The van der Waals surface area contributed by atoms with Gasteiger partial charge >= 0.3 is 0 Å². The van der Waals surface area contributed by atoms with E-state index < -0.39 is 0 Å². The largest absolute Gasteiger partial charge is 0.326 e. The molecule has 0 spiro atoms. The highest BCUT2D eigenvalue weighted by Crippen LogP contribution is 2.15. The van der Waals surface area contributed by atoms with Gasteiger partial charge in [-0.15, -0.1) is 0 Å². The van der Waals surface area contributed by atoms with Gasteiger partial charge in [-0.05, 0) is 57.1 Å². The number of nitrogens with zero attached hydrogens (tertiary/aromatic N) is 1. The maximum Gasteiger partial charge on any atom is 0.224 e. The van der Waals surface area contributed by atoms with Gasteiger partial charge in [-0.2, -0.15) is 0 Å². The summed E-state index contributed by atoms with van der Waals surface area (Å²) in [4.78, 5) is 14.1. The molecule has 1 heterocycles. The lowest BCUT2D eigenvalue weighted by molar-refractivity contribution is -0.116. The zero-order chi connectivity index (χ0) is 12.8. The molecule has 3 nitrogen and oxygen atoms in total. The normalized spacial score (nSPS) is 15.8. The Morgan fingerprint density at radius 2 is 2.11 bits per heavy atom. The molecular weight excluding hydrogens is 248 g/mol. The topological polar surface area (TPSA) is 32.3 Å². The lowest BCUT2D eigenvalue weighted by Gasteiger charge is -2.13. The van der Waals surface area contributed by atoms with E-state index in [1.54, 1.807) is 12.1 Å². The molecule has 0 aliphatic carbocycles. The van der Waals surface area contributed by atoms with E-state index in [1.165, 1.54) is 25.9 Å². The summed E-state index contributed by atoms with van der Waals surface area (Å²) < 4.78 is 0. The highest BCUT2D eigenvalue weighted by atomic mass is 35.5. The SMILES string of the molecule is O=C(CCCN1CCCC1)Nc1cccc(Cl)c1. The quantitative estimate of drug-likeness (QED) is 0.888. The smallest absolute Gasteiger partial charge is 0.224 e. The molecule has 18 heavy (non-hydrogen) atoms. The molecule has 0 unspecified atom stereocenters. The molecule has 0 bridgehead atoms. The average Bonchev–Trinajstić information content (AvgIpc) is 2.82. The van der Waals surface area contributed by atoms with E-state index in [9.17, 15) is 4.79 Å². The van der Waals surface area contributed by atoms with Crippen molar-refractivity contribution in [2.24, 2.45) is 0 Å². The van der Waals surface area contributed by atoms with E-state index in [0.717, 1.165) is 18.7 Å². The van der Waals surface area contributed by atoms with Crippen molar-refractivity contribution >= 4 is 23.2 Å². The van der Waals surface area contributed by atoms with Gasteiger partial charge in [0.05, 0.1) is 0 Å². The minimum atomic E-state index is 0.0662. The maximum absolute atomic E-state index is 11.7. The Morgan fingerprint density at radius 1 is 1.33 bits per heavy atom. The van der Waals surface area contributed by atoms with Crippen molar-refractivity contribution in [2.75, 3.05) is 25.0 Å². The third-order valence-electron chi connectivity index (χ3n) is 3.19.